The van der Waals surface area contributed by atoms with Gasteiger partial charge in [-0.15, -0.1) is 0 Å². The minimum atomic E-state index is -0.996. The van der Waals surface area contributed by atoms with E-state index in [1.54, 1.807) is 48.5 Å². The average molecular weight is 375 g/mol. The van der Waals surface area contributed by atoms with Gasteiger partial charge < -0.3 is 14.6 Å². The van der Waals surface area contributed by atoms with Gasteiger partial charge in [-0.05, 0) is 31.2 Å². The number of Topliss-reactive ketones (excluding diaryl/α,β-unsaturated/α-hetero) is 1. The lowest BCUT2D eigenvalue weighted by Gasteiger charge is -2.24. The number of aliphatic hydroxyl groups is 1. The number of aryl methyl sites for hydroxylation is 1. The summed E-state index contributed by atoms with van der Waals surface area (Å²) in [6.07, 6.45) is 1.42. The summed E-state index contributed by atoms with van der Waals surface area (Å²) in [5.41, 5.74) is 1.48. The van der Waals surface area contributed by atoms with E-state index in [-0.39, 0.29) is 22.8 Å². The maximum Gasteiger partial charge on any atom is 0.300 e. The van der Waals surface area contributed by atoms with Crippen molar-refractivity contribution in [3.05, 3.63) is 89.4 Å². The van der Waals surface area contributed by atoms with Crippen LogP contribution in [-0.4, -0.2) is 21.9 Å². The second-order valence-corrected chi connectivity index (χ2v) is 6.54. The zero-order valence-corrected chi connectivity index (χ0v) is 15.0. The molecule has 0 spiro atoms. The van der Waals surface area contributed by atoms with Crippen LogP contribution < -0.4 is 4.90 Å². The van der Waals surface area contributed by atoms with Crippen molar-refractivity contribution in [2.75, 3.05) is 4.90 Å². The van der Waals surface area contributed by atoms with E-state index in [2.05, 4.69) is 0 Å². The molecule has 1 aliphatic rings. The molecule has 0 aliphatic carbocycles. The third kappa shape index (κ3) is 2.75. The molecule has 0 bridgehead atoms. The van der Waals surface area contributed by atoms with E-state index in [1.807, 2.05) is 6.92 Å². The molecule has 3 aromatic rings. The maximum atomic E-state index is 12.9. The molecule has 2 heterocycles. The number of amides is 1. The molecule has 140 valence electrons. The van der Waals surface area contributed by atoms with Crippen LogP contribution in [0.1, 0.15) is 22.9 Å². The summed E-state index contributed by atoms with van der Waals surface area (Å²) in [4.78, 5) is 26.8. The monoisotopic (exact) mass is 375 g/mol. The third-order valence-electron chi connectivity index (χ3n) is 4.72. The second kappa shape index (κ2) is 6.74. The summed E-state index contributed by atoms with van der Waals surface area (Å²) >= 11 is 0. The highest BCUT2D eigenvalue weighted by Crippen LogP contribution is 2.44. The number of phenols is 1. The number of carbonyl (C=O) groups is 2. The van der Waals surface area contributed by atoms with Crippen molar-refractivity contribution >= 4 is 23.1 Å². The minimum Gasteiger partial charge on any atom is -0.507 e. The van der Waals surface area contributed by atoms with Gasteiger partial charge in [0, 0.05) is 5.56 Å². The van der Waals surface area contributed by atoms with Crippen molar-refractivity contribution in [2.24, 2.45) is 0 Å². The predicted molar refractivity (Wildman–Crippen MR) is 103 cm³/mol. The van der Waals surface area contributed by atoms with Crippen LogP contribution >= 0.6 is 0 Å². The first-order valence-corrected chi connectivity index (χ1v) is 8.68. The highest BCUT2D eigenvalue weighted by Gasteiger charge is 2.48. The summed E-state index contributed by atoms with van der Waals surface area (Å²) in [5, 5.41) is 21.1. The molecule has 1 aliphatic heterocycles. The maximum absolute atomic E-state index is 12.9. The van der Waals surface area contributed by atoms with Gasteiger partial charge in [0.25, 0.3) is 11.7 Å². The molecule has 0 radical (unpaired) electrons. The van der Waals surface area contributed by atoms with E-state index in [9.17, 15) is 19.8 Å². The first-order valence-electron chi connectivity index (χ1n) is 8.68. The molecule has 1 saturated heterocycles. The van der Waals surface area contributed by atoms with Gasteiger partial charge >= 0.3 is 0 Å². The number of nitrogens with zero attached hydrogens (tertiary/aromatic N) is 1. The first kappa shape index (κ1) is 17.6. The van der Waals surface area contributed by atoms with Crippen LogP contribution in [0.25, 0.3) is 5.76 Å². The normalized spacial score (nSPS) is 18.6. The van der Waals surface area contributed by atoms with E-state index in [0.717, 1.165) is 10.5 Å². The summed E-state index contributed by atoms with van der Waals surface area (Å²) in [6.45, 7) is 1.91. The van der Waals surface area contributed by atoms with E-state index >= 15 is 0 Å². The van der Waals surface area contributed by atoms with Gasteiger partial charge in [-0.1, -0.05) is 42.0 Å². The smallest absolute Gasteiger partial charge is 0.300 e. The SMILES string of the molecule is Cc1ccc(/C(O)=C2/C(=O)C(=O)N(c3ccccc3O)C2c2ccco2)cc1. The highest BCUT2D eigenvalue weighted by atomic mass is 16.3. The van der Waals surface area contributed by atoms with Crippen molar-refractivity contribution in [2.45, 2.75) is 13.0 Å². The molecular weight excluding hydrogens is 358 g/mol. The van der Waals surface area contributed by atoms with Crippen molar-refractivity contribution in [3.8, 4) is 5.75 Å². The Morgan fingerprint density at radius 3 is 2.36 bits per heavy atom. The van der Waals surface area contributed by atoms with E-state index in [1.165, 1.54) is 18.4 Å². The minimum absolute atomic E-state index is 0.0907. The van der Waals surface area contributed by atoms with Gasteiger partial charge in [0.1, 0.15) is 23.3 Å². The fourth-order valence-corrected chi connectivity index (χ4v) is 3.33. The van der Waals surface area contributed by atoms with Crippen molar-refractivity contribution in [1.82, 2.24) is 0 Å². The fraction of sp³-hybridized carbons (Fsp3) is 0.0909. The molecule has 2 N–H and O–H groups in total. The Bertz CT molecular complexity index is 1080. The number of phenolic OH excluding ortho intramolecular Hbond substituents is 1. The molecule has 0 saturated carbocycles. The van der Waals surface area contributed by atoms with Crippen LogP contribution in [0.5, 0.6) is 5.75 Å². The molecule has 1 fully saturated rings. The number of hydrogen-bond donors (Lipinski definition) is 2. The van der Waals surface area contributed by atoms with Crippen LogP contribution in [0.3, 0.4) is 0 Å². The number of carbonyl (C=O) groups excluding carboxylic acids is 2. The molecule has 2 aromatic carbocycles. The first-order chi connectivity index (χ1) is 13.5. The molecular formula is C22H17NO5. The van der Waals surface area contributed by atoms with Gasteiger partial charge in [0.05, 0.1) is 17.5 Å². The Hall–Kier alpha value is -3.80. The molecule has 1 unspecified atom stereocenters. The summed E-state index contributed by atoms with van der Waals surface area (Å²) in [6, 6.07) is 15.4. The molecule has 1 amide bonds. The summed E-state index contributed by atoms with van der Waals surface area (Å²) < 4.78 is 5.47. The van der Waals surface area contributed by atoms with Crippen molar-refractivity contribution < 1.29 is 24.2 Å². The zero-order chi connectivity index (χ0) is 19.8. The number of anilines is 1. The number of aromatic hydroxyl groups is 1. The van der Waals surface area contributed by atoms with E-state index in [4.69, 9.17) is 4.42 Å². The summed E-state index contributed by atoms with van der Waals surface area (Å²) in [5.74, 6) is -1.84. The second-order valence-electron chi connectivity index (χ2n) is 6.54. The Kier molecular flexibility index (Phi) is 4.24. The third-order valence-corrected chi connectivity index (χ3v) is 4.72. The van der Waals surface area contributed by atoms with Gasteiger partial charge in [-0.25, -0.2) is 0 Å². The standard InChI is InChI=1S/C22H17NO5/c1-13-8-10-14(11-9-13)20(25)18-19(17-7-4-12-28-17)23(22(27)21(18)26)15-5-2-3-6-16(15)24/h2-12,19,24-25H,1H3/b20-18-. The lowest BCUT2D eigenvalue weighted by Crippen LogP contribution is -2.29. The van der Waals surface area contributed by atoms with Crippen molar-refractivity contribution in [1.29, 1.82) is 0 Å². The van der Waals surface area contributed by atoms with Crippen molar-refractivity contribution in [3.63, 3.8) is 0 Å². The Morgan fingerprint density at radius 2 is 1.71 bits per heavy atom. The van der Waals surface area contributed by atoms with Gasteiger partial charge in [-0.3, -0.25) is 14.5 Å². The number of hydrogen-bond acceptors (Lipinski definition) is 5. The molecule has 4 rings (SSSR count). The number of ketones is 1. The number of benzene rings is 2. The molecule has 1 atom stereocenters. The summed E-state index contributed by atoms with van der Waals surface area (Å²) in [7, 11) is 0. The van der Waals surface area contributed by atoms with Crippen LogP contribution in [0.15, 0.2) is 76.9 Å². The van der Waals surface area contributed by atoms with Gasteiger partial charge in [0.15, 0.2) is 0 Å². The Balaban J connectivity index is 1.94. The van der Waals surface area contributed by atoms with Crippen LogP contribution in [0.2, 0.25) is 0 Å². The zero-order valence-electron chi connectivity index (χ0n) is 15.0. The lowest BCUT2D eigenvalue weighted by atomic mass is 9.98. The van der Waals surface area contributed by atoms with Gasteiger partial charge in [0.2, 0.25) is 0 Å². The molecule has 28 heavy (non-hydrogen) atoms. The average Bonchev–Trinajstić information content (AvgIpc) is 3.30. The number of para-hydroxylation sites is 2. The topological polar surface area (TPSA) is 91.0 Å². The molecule has 6 heteroatoms. The largest absolute Gasteiger partial charge is 0.507 e. The highest BCUT2D eigenvalue weighted by molar-refractivity contribution is 6.51. The van der Waals surface area contributed by atoms with Crippen LogP contribution in [0, 0.1) is 6.92 Å². The van der Waals surface area contributed by atoms with E-state index < -0.39 is 17.7 Å². The number of aliphatic hydroxyl groups excluding tert-OH is 1. The fourth-order valence-electron chi connectivity index (χ4n) is 3.33. The number of rotatable bonds is 3. The Morgan fingerprint density at radius 1 is 1.00 bits per heavy atom. The van der Waals surface area contributed by atoms with Crippen LogP contribution in [-0.2, 0) is 9.59 Å². The molecule has 6 nitrogen and oxygen atoms in total. The lowest BCUT2D eigenvalue weighted by molar-refractivity contribution is -0.132. The number of furan rings is 1. The van der Waals surface area contributed by atoms with Crippen LogP contribution in [0.4, 0.5) is 5.69 Å². The predicted octanol–water partition coefficient (Wildman–Crippen LogP) is 3.92. The van der Waals surface area contributed by atoms with E-state index in [0.29, 0.717) is 11.3 Å². The van der Waals surface area contributed by atoms with Gasteiger partial charge in [-0.2, -0.15) is 0 Å². The quantitative estimate of drug-likeness (QED) is 0.411. The molecule has 1 aromatic heterocycles. The Labute approximate surface area is 161 Å².